The maximum absolute atomic E-state index is 12.8. The Morgan fingerprint density at radius 1 is 1.16 bits per heavy atom. The minimum atomic E-state index is -0.222. The Bertz CT molecular complexity index is 942. The molecule has 1 saturated heterocycles. The number of nitrogens with zero attached hydrogens (tertiary/aromatic N) is 2. The molecule has 0 radical (unpaired) electrons. The molecule has 7 nitrogen and oxygen atoms in total. The monoisotopic (exact) mass is 444 g/mol. The highest BCUT2D eigenvalue weighted by molar-refractivity contribution is 6.32. The lowest BCUT2D eigenvalue weighted by atomic mass is 10.1. The number of hydrogen-bond acceptors (Lipinski definition) is 5. The van der Waals surface area contributed by atoms with Crippen molar-refractivity contribution in [2.24, 2.45) is 4.99 Å². The smallest absolute Gasteiger partial charge is 0.257 e. The van der Waals surface area contributed by atoms with Gasteiger partial charge in [-0.1, -0.05) is 17.7 Å². The molecule has 8 heteroatoms. The number of anilines is 1. The Morgan fingerprint density at radius 3 is 2.61 bits per heavy atom. The summed E-state index contributed by atoms with van der Waals surface area (Å²) in [7, 11) is 1.57. The number of carbonyl (C=O) groups excluding carboxylic acids is 1. The topological polar surface area (TPSA) is 75.2 Å². The van der Waals surface area contributed by atoms with E-state index in [4.69, 9.17) is 21.1 Å². The zero-order chi connectivity index (χ0) is 22.2. The Kier molecular flexibility index (Phi) is 8.28. The van der Waals surface area contributed by atoms with E-state index in [1.807, 2.05) is 38.1 Å². The summed E-state index contributed by atoms with van der Waals surface area (Å²) in [6.45, 7) is 8.59. The second-order valence-corrected chi connectivity index (χ2v) is 7.82. The fourth-order valence-corrected chi connectivity index (χ4v) is 3.44. The van der Waals surface area contributed by atoms with Crippen LogP contribution in [0.5, 0.6) is 5.75 Å². The van der Waals surface area contributed by atoms with Gasteiger partial charge in [0.1, 0.15) is 5.75 Å². The first kappa shape index (κ1) is 23.1. The van der Waals surface area contributed by atoms with Gasteiger partial charge in [0.15, 0.2) is 0 Å². The molecule has 0 atom stereocenters. The first-order chi connectivity index (χ1) is 15.0. The maximum atomic E-state index is 12.8. The van der Waals surface area contributed by atoms with E-state index >= 15 is 0 Å². The molecule has 0 aromatic heterocycles. The van der Waals surface area contributed by atoms with Gasteiger partial charge >= 0.3 is 0 Å². The van der Waals surface area contributed by atoms with E-state index in [9.17, 15) is 4.79 Å². The predicted octanol–water partition coefficient (Wildman–Crippen LogP) is 3.50. The van der Waals surface area contributed by atoms with Crippen LogP contribution in [0.4, 0.5) is 5.69 Å². The van der Waals surface area contributed by atoms with E-state index in [1.165, 1.54) is 0 Å². The van der Waals surface area contributed by atoms with Gasteiger partial charge in [-0.25, -0.2) is 0 Å². The van der Waals surface area contributed by atoms with Gasteiger partial charge in [-0.15, -0.1) is 0 Å². The highest BCUT2D eigenvalue weighted by Crippen LogP contribution is 2.27. The van der Waals surface area contributed by atoms with Crippen molar-refractivity contribution in [3.63, 3.8) is 0 Å². The summed E-state index contributed by atoms with van der Waals surface area (Å²) in [5.74, 6) is 0.732. The van der Waals surface area contributed by atoms with Crippen LogP contribution in [-0.2, 0) is 4.74 Å². The van der Waals surface area contributed by atoms with Gasteiger partial charge < -0.3 is 14.8 Å². The molecule has 1 aliphatic heterocycles. The van der Waals surface area contributed by atoms with Crippen LogP contribution in [0.2, 0.25) is 5.02 Å². The normalized spacial score (nSPS) is 14.9. The summed E-state index contributed by atoms with van der Waals surface area (Å²) >= 11 is 6.24. The first-order valence-electron chi connectivity index (χ1n) is 10.3. The Balaban J connectivity index is 1.73. The van der Waals surface area contributed by atoms with Crippen molar-refractivity contribution in [1.82, 2.24) is 10.2 Å². The van der Waals surface area contributed by atoms with Crippen molar-refractivity contribution in [2.45, 2.75) is 13.8 Å². The van der Waals surface area contributed by atoms with E-state index in [0.717, 1.165) is 44.0 Å². The molecule has 31 heavy (non-hydrogen) atoms. The van der Waals surface area contributed by atoms with Crippen LogP contribution in [0.15, 0.2) is 41.4 Å². The number of carbonyl (C=O) groups is 1. The molecule has 0 aliphatic carbocycles. The van der Waals surface area contributed by atoms with Gasteiger partial charge in [-0.2, -0.15) is 0 Å². The van der Waals surface area contributed by atoms with Gasteiger partial charge in [0.2, 0.25) is 5.96 Å². The standard InChI is InChI=1S/C23H29ClN4O3/c1-16-4-5-18(14-17(16)2)22(29)27-23(25-8-9-28-10-12-31-13-11-28)26-19-6-7-21(30-3)20(24)15-19/h4-7,14-15H,8-13H2,1-3H3,(H2,25,26,27,29). The van der Waals surface area contributed by atoms with Crippen LogP contribution < -0.4 is 15.4 Å². The molecule has 166 valence electrons. The summed E-state index contributed by atoms with van der Waals surface area (Å²) in [5.41, 5.74) is 3.49. The number of rotatable bonds is 6. The molecule has 0 spiro atoms. The number of benzene rings is 2. The van der Waals surface area contributed by atoms with Crippen LogP contribution in [0, 0.1) is 13.8 Å². The first-order valence-corrected chi connectivity index (χ1v) is 10.7. The number of guanidine groups is 1. The van der Waals surface area contributed by atoms with E-state index in [2.05, 4.69) is 20.5 Å². The predicted molar refractivity (Wildman–Crippen MR) is 125 cm³/mol. The van der Waals surface area contributed by atoms with Gasteiger partial charge in [0.05, 0.1) is 31.9 Å². The fourth-order valence-electron chi connectivity index (χ4n) is 3.18. The number of methoxy groups -OCH3 is 1. The van der Waals surface area contributed by atoms with Crippen molar-refractivity contribution >= 4 is 29.2 Å². The van der Waals surface area contributed by atoms with Crippen molar-refractivity contribution in [1.29, 1.82) is 0 Å². The number of nitrogens with one attached hydrogen (secondary N) is 2. The zero-order valence-electron chi connectivity index (χ0n) is 18.2. The highest BCUT2D eigenvalue weighted by atomic mass is 35.5. The lowest BCUT2D eigenvalue weighted by molar-refractivity contribution is 0.0394. The van der Waals surface area contributed by atoms with Crippen LogP contribution in [0.25, 0.3) is 0 Å². The second kappa shape index (κ2) is 11.1. The van der Waals surface area contributed by atoms with E-state index in [0.29, 0.717) is 34.5 Å². The Labute approximate surface area is 188 Å². The molecular formula is C23H29ClN4O3. The Morgan fingerprint density at radius 2 is 1.94 bits per heavy atom. The summed E-state index contributed by atoms with van der Waals surface area (Å²) in [6, 6.07) is 11.0. The van der Waals surface area contributed by atoms with Crippen LogP contribution in [0.3, 0.4) is 0 Å². The number of hydrogen-bond donors (Lipinski definition) is 2. The van der Waals surface area contributed by atoms with Gasteiger partial charge in [-0.05, 0) is 55.3 Å². The van der Waals surface area contributed by atoms with Crippen molar-refractivity contribution in [3.8, 4) is 5.75 Å². The number of morpholine rings is 1. The Hall–Kier alpha value is -2.61. The van der Waals surface area contributed by atoms with Crippen molar-refractivity contribution in [2.75, 3.05) is 51.8 Å². The zero-order valence-corrected chi connectivity index (χ0v) is 19.0. The molecule has 0 saturated carbocycles. The largest absolute Gasteiger partial charge is 0.495 e. The van der Waals surface area contributed by atoms with Crippen LogP contribution >= 0.6 is 11.6 Å². The third-order valence-electron chi connectivity index (χ3n) is 5.21. The molecule has 0 unspecified atom stereocenters. The molecule has 2 aromatic rings. The van der Waals surface area contributed by atoms with Crippen LogP contribution in [-0.4, -0.2) is 63.3 Å². The number of amides is 1. The summed E-state index contributed by atoms with van der Waals surface area (Å²) < 4.78 is 10.6. The van der Waals surface area contributed by atoms with Crippen molar-refractivity contribution in [3.05, 3.63) is 58.1 Å². The fraction of sp³-hybridized carbons (Fsp3) is 0.391. The van der Waals surface area contributed by atoms with Crippen LogP contribution in [0.1, 0.15) is 21.5 Å². The van der Waals surface area contributed by atoms with E-state index in [-0.39, 0.29) is 5.91 Å². The third-order valence-corrected chi connectivity index (χ3v) is 5.50. The maximum Gasteiger partial charge on any atom is 0.257 e. The van der Waals surface area contributed by atoms with E-state index in [1.54, 1.807) is 19.2 Å². The number of halogens is 1. The molecule has 2 N–H and O–H groups in total. The molecule has 1 amide bonds. The summed E-state index contributed by atoms with van der Waals surface area (Å²) in [4.78, 5) is 19.7. The van der Waals surface area contributed by atoms with Gasteiger partial charge in [-0.3, -0.25) is 20.0 Å². The molecule has 2 aromatic carbocycles. The molecule has 1 fully saturated rings. The van der Waals surface area contributed by atoms with Gasteiger partial charge in [0.25, 0.3) is 5.91 Å². The van der Waals surface area contributed by atoms with E-state index < -0.39 is 0 Å². The quantitative estimate of drug-likeness (QED) is 0.527. The lowest BCUT2D eigenvalue weighted by Crippen LogP contribution is -2.39. The molecule has 1 heterocycles. The highest BCUT2D eigenvalue weighted by Gasteiger charge is 2.13. The molecule has 0 bridgehead atoms. The SMILES string of the molecule is COc1ccc(NC(=NCCN2CCOCC2)NC(=O)c2ccc(C)c(C)c2)cc1Cl. The summed E-state index contributed by atoms with van der Waals surface area (Å²) in [6.07, 6.45) is 0. The minimum Gasteiger partial charge on any atom is -0.495 e. The minimum absolute atomic E-state index is 0.222. The average molecular weight is 445 g/mol. The average Bonchev–Trinajstić information content (AvgIpc) is 2.76. The number of aryl methyl sites for hydroxylation is 2. The molecule has 1 aliphatic rings. The molecular weight excluding hydrogens is 416 g/mol. The van der Waals surface area contributed by atoms with Crippen molar-refractivity contribution < 1.29 is 14.3 Å². The summed E-state index contributed by atoms with van der Waals surface area (Å²) in [5, 5.41) is 6.54. The number of aliphatic imine (C=N–C) groups is 1. The number of ether oxygens (including phenoxy) is 2. The third kappa shape index (κ3) is 6.69. The molecule has 3 rings (SSSR count). The van der Waals surface area contributed by atoms with Gasteiger partial charge in [0, 0.05) is 30.9 Å². The second-order valence-electron chi connectivity index (χ2n) is 7.41. The lowest BCUT2D eigenvalue weighted by Gasteiger charge is -2.25.